The Hall–Kier alpha value is -2.62. The molecule has 1 fully saturated rings. The monoisotopic (exact) mass is 319 g/mol. The summed E-state index contributed by atoms with van der Waals surface area (Å²) in [4.78, 5) is 17.2. The van der Waals surface area contributed by atoms with Crippen LogP contribution < -0.4 is 5.32 Å². The van der Waals surface area contributed by atoms with Gasteiger partial charge in [-0.15, -0.1) is 0 Å². The maximum atomic E-state index is 12.7. The van der Waals surface area contributed by atoms with Crippen molar-refractivity contribution < 1.29 is 4.79 Å². The molecule has 1 aromatic heterocycles. The van der Waals surface area contributed by atoms with Gasteiger partial charge >= 0.3 is 0 Å². The lowest BCUT2D eigenvalue weighted by molar-refractivity contribution is -0.122. The smallest absolute Gasteiger partial charge is 0.240 e. The SMILES string of the molecule is Cc1nc2ccccc2n1CC(=O)N[C@H](c1ccccc1)C1CC1. The molecule has 1 saturated carbocycles. The van der Waals surface area contributed by atoms with E-state index in [2.05, 4.69) is 22.4 Å². The summed E-state index contributed by atoms with van der Waals surface area (Å²) in [6.07, 6.45) is 2.37. The highest BCUT2D eigenvalue weighted by atomic mass is 16.2. The fourth-order valence-corrected chi connectivity index (χ4v) is 3.32. The highest BCUT2D eigenvalue weighted by molar-refractivity contribution is 5.81. The number of aryl methyl sites for hydroxylation is 1. The van der Waals surface area contributed by atoms with E-state index in [0.717, 1.165) is 16.9 Å². The number of amides is 1. The second-order valence-corrected chi connectivity index (χ2v) is 6.53. The summed E-state index contributed by atoms with van der Waals surface area (Å²) in [5, 5.41) is 3.24. The number of hydrogen-bond acceptors (Lipinski definition) is 2. The van der Waals surface area contributed by atoms with Crippen LogP contribution in [0.2, 0.25) is 0 Å². The molecule has 4 heteroatoms. The Morgan fingerprint density at radius 2 is 1.88 bits per heavy atom. The molecule has 24 heavy (non-hydrogen) atoms. The summed E-state index contributed by atoms with van der Waals surface area (Å²) in [7, 11) is 0. The average molecular weight is 319 g/mol. The Morgan fingerprint density at radius 3 is 2.62 bits per heavy atom. The Labute approximate surface area is 141 Å². The largest absolute Gasteiger partial charge is 0.347 e. The third kappa shape index (κ3) is 2.92. The van der Waals surface area contributed by atoms with E-state index in [-0.39, 0.29) is 11.9 Å². The number of benzene rings is 2. The fraction of sp³-hybridized carbons (Fsp3) is 0.300. The number of carbonyl (C=O) groups excluding carboxylic acids is 1. The molecule has 2 aromatic carbocycles. The fourth-order valence-electron chi connectivity index (χ4n) is 3.32. The lowest BCUT2D eigenvalue weighted by Crippen LogP contribution is -2.32. The molecule has 1 heterocycles. The van der Waals surface area contributed by atoms with Gasteiger partial charge in [0.2, 0.25) is 5.91 Å². The van der Waals surface area contributed by atoms with E-state index in [1.165, 1.54) is 18.4 Å². The second-order valence-electron chi connectivity index (χ2n) is 6.53. The number of rotatable bonds is 5. The first-order chi connectivity index (χ1) is 11.7. The molecule has 0 spiro atoms. The molecular weight excluding hydrogens is 298 g/mol. The predicted octanol–water partition coefficient (Wildman–Crippen LogP) is 3.61. The van der Waals surface area contributed by atoms with Crippen molar-refractivity contribution in [1.29, 1.82) is 0 Å². The summed E-state index contributed by atoms with van der Waals surface area (Å²) in [6, 6.07) is 18.3. The molecule has 4 rings (SSSR count). The minimum atomic E-state index is 0.0435. The number of imidazole rings is 1. The molecule has 1 aliphatic rings. The van der Waals surface area contributed by atoms with Gasteiger partial charge in [0, 0.05) is 0 Å². The van der Waals surface area contributed by atoms with Crippen LogP contribution in [0.1, 0.15) is 30.3 Å². The number of aromatic nitrogens is 2. The van der Waals surface area contributed by atoms with Crippen LogP contribution >= 0.6 is 0 Å². The molecule has 1 N–H and O–H groups in total. The standard InChI is InChI=1S/C20H21N3O/c1-14-21-17-9-5-6-10-18(17)23(14)13-19(24)22-20(16-11-12-16)15-7-3-2-4-8-15/h2-10,16,20H,11-13H2,1H3,(H,22,24)/t20-/m1/s1. The molecule has 4 nitrogen and oxygen atoms in total. The minimum absolute atomic E-state index is 0.0435. The van der Waals surface area contributed by atoms with Crippen LogP contribution in [0, 0.1) is 12.8 Å². The Morgan fingerprint density at radius 1 is 1.17 bits per heavy atom. The Balaban J connectivity index is 1.54. The molecule has 0 bridgehead atoms. The summed E-state index contributed by atoms with van der Waals surface area (Å²) in [6.45, 7) is 2.26. The van der Waals surface area contributed by atoms with Gasteiger partial charge in [-0.3, -0.25) is 4.79 Å². The van der Waals surface area contributed by atoms with Crippen molar-refractivity contribution in [1.82, 2.24) is 14.9 Å². The van der Waals surface area contributed by atoms with Gasteiger partial charge in [-0.2, -0.15) is 0 Å². The number of carbonyl (C=O) groups is 1. The summed E-state index contributed by atoms with van der Waals surface area (Å²) in [5.41, 5.74) is 3.14. The topological polar surface area (TPSA) is 46.9 Å². The van der Waals surface area contributed by atoms with Gasteiger partial charge in [-0.05, 0) is 43.4 Å². The first-order valence-corrected chi connectivity index (χ1v) is 8.48. The molecule has 1 aliphatic carbocycles. The van der Waals surface area contributed by atoms with Crippen LogP contribution in [-0.2, 0) is 11.3 Å². The number of nitrogens with zero attached hydrogens (tertiary/aromatic N) is 2. The van der Waals surface area contributed by atoms with E-state index in [0.29, 0.717) is 12.5 Å². The molecule has 0 radical (unpaired) electrons. The van der Waals surface area contributed by atoms with Crippen LogP contribution in [-0.4, -0.2) is 15.5 Å². The van der Waals surface area contributed by atoms with Crippen molar-refractivity contribution in [2.24, 2.45) is 5.92 Å². The van der Waals surface area contributed by atoms with Crippen molar-refractivity contribution >= 4 is 16.9 Å². The van der Waals surface area contributed by atoms with Gasteiger partial charge in [0.1, 0.15) is 12.4 Å². The molecule has 0 saturated heterocycles. The van der Waals surface area contributed by atoms with Crippen LogP contribution in [0.3, 0.4) is 0 Å². The second kappa shape index (κ2) is 6.11. The van der Waals surface area contributed by atoms with E-state index >= 15 is 0 Å². The van der Waals surface area contributed by atoms with Gasteiger partial charge < -0.3 is 9.88 Å². The van der Waals surface area contributed by atoms with Crippen molar-refractivity contribution in [3.05, 3.63) is 66.0 Å². The number of hydrogen-bond donors (Lipinski definition) is 1. The van der Waals surface area contributed by atoms with Crippen LogP contribution in [0.4, 0.5) is 0 Å². The first-order valence-electron chi connectivity index (χ1n) is 8.48. The van der Waals surface area contributed by atoms with Gasteiger partial charge in [0.15, 0.2) is 0 Å². The zero-order valence-corrected chi connectivity index (χ0v) is 13.8. The third-order valence-electron chi connectivity index (χ3n) is 4.72. The van der Waals surface area contributed by atoms with Gasteiger partial charge in [0.05, 0.1) is 17.1 Å². The molecule has 3 aromatic rings. The van der Waals surface area contributed by atoms with Crippen LogP contribution in [0.5, 0.6) is 0 Å². The Bertz CT molecular complexity index is 865. The van der Waals surface area contributed by atoms with Crippen LogP contribution in [0.25, 0.3) is 11.0 Å². The highest BCUT2D eigenvalue weighted by Gasteiger charge is 2.33. The van der Waals surface area contributed by atoms with E-state index in [9.17, 15) is 4.79 Å². The van der Waals surface area contributed by atoms with E-state index in [1.54, 1.807) is 0 Å². The van der Waals surface area contributed by atoms with Crippen molar-refractivity contribution in [3.8, 4) is 0 Å². The van der Waals surface area contributed by atoms with E-state index < -0.39 is 0 Å². The summed E-state index contributed by atoms with van der Waals surface area (Å²) in [5.74, 6) is 1.48. The number of para-hydroxylation sites is 2. The molecule has 122 valence electrons. The molecule has 1 amide bonds. The predicted molar refractivity (Wildman–Crippen MR) is 94.5 cm³/mol. The summed E-state index contributed by atoms with van der Waals surface area (Å²) >= 11 is 0. The summed E-state index contributed by atoms with van der Waals surface area (Å²) < 4.78 is 1.99. The molecule has 0 aliphatic heterocycles. The highest BCUT2D eigenvalue weighted by Crippen LogP contribution is 2.40. The van der Waals surface area contributed by atoms with Gasteiger partial charge in [-0.1, -0.05) is 42.5 Å². The first kappa shape index (κ1) is 14.9. The average Bonchev–Trinajstić information content (AvgIpc) is 3.39. The number of nitrogens with one attached hydrogen (secondary N) is 1. The van der Waals surface area contributed by atoms with Crippen LogP contribution in [0.15, 0.2) is 54.6 Å². The molecule has 0 unspecified atom stereocenters. The zero-order chi connectivity index (χ0) is 16.5. The quantitative estimate of drug-likeness (QED) is 0.781. The molecular formula is C20H21N3O. The molecule has 1 atom stereocenters. The normalized spacial score (nSPS) is 15.4. The number of fused-ring (bicyclic) bond motifs is 1. The van der Waals surface area contributed by atoms with Crippen molar-refractivity contribution in [2.45, 2.75) is 32.4 Å². The third-order valence-corrected chi connectivity index (χ3v) is 4.72. The van der Waals surface area contributed by atoms with Crippen molar-refractivity contribution in [2.75, 3.05) is 0 Å². The lowest BCUT2D eigenvalue weighted by atomic mass is 10.0. The zero-order valence-electron chi connectivity index (χ0n) is 13.8. The van der Waals surface area contributed by atoms with Gasteiger partial charge in [-0.25, -0.2) is 4.98 Å². The van der Waals surface area contributed by atoms with E-state index in [1.807, 2.05) is 54.0 Å². The Kier molecular flexibility index (Phi) is 3.81. The van der Waals surface area contributed by atoms with E-state index in [4.69, 9.17) is 0 Å². The maximum Gasteiger partial charge on any atom is 0.240 e. The lowest BCUT2D eigenvalue weighted by Gasteiger charge is -2.19. The maximum absolute atomic E-state index is 12.7. The minimum Gasteiger partial charge on any atom is -0.347 e. The van der Waals surface area contributed by atoms with Crippen molar-refractivity contribution in [3.63, 3.8) is 0 Å². The van der Waals surface area contributed by atoms with Gasteiger partial charge in [0.25, 0.3) is 0 Å².